The van der Waals surface area contributed by atoms with Crippen molar-refractivity contribution >= 4 is 22.3 Å². The fraction of sp³-hybridized carbons (Fsp3) is 0.310. The van der Waals surface area contributed by atoms with Gasteiger partial charge in [0.2, 0.25) is 0 Å². The first-order chi connectivity index (χ1) is 16.9. The van der Waals surface area contributed by atoms with Crippen LogP contribution in [-0.4, -0.2) is 48.1 Å². The predicted molar refractivity (Wildman–Crippen MR) is 144 cm³/mol. The molecule has 0 radical (unpaired) electrons. The largest absolute Gasteiger partial charge is 0.353 e. The Morgan fingerprint density at radius 2 is 1.77 bits per heavy atom. The summed E-state index contributed by atoms with van der Waals surface area (Å²) in [5, 5.41) is 0.814. The maximum absolute atomic E-state index is 14.5. The molecule has 0 bridgehead atoms. The number of benzene rings is 2. The van der Waals surface area contributed by atoms with E-state index in [9.17, 15) is 8.78 Å². The Balaban J connectivity index is 0.00000108. The van der Waals surface area contributed by atoms with E-state index in [1.165, 1.54) is 12.5 Å². The van der Waals surface area contributed by atoms with Gasteiger partial charge in [0.05, 0.1) is 5.52 Å². The molecule has 2 heterocycles. The van der Waals surface area contributed by atoms with Crippen LogP contribution in [0, 0.1) is 11.6 Å². The van der Waals surface area contributed by atoms with Gasteiger partial charge in [0.25, 0.3) is 0 Å². The smallest absolute Gasteiger partial charge is 0.166 e. The highest BCUT2D eigenvalue weighted by molar-refractivity contribution is 5.94. The SMILES string of the molecule is C=C/C(=C\C=C/C)c1nc(N2CCN(C)CC2)c2cc(-c3cccc(F)c3F)ccc2n1.CCC. The van der Waals surface area contributed by atoms with E-state index in [4.69, 9.17) is 9.97 Å². The third kappa shape index (κ3) is 6.20. The van der Waals surface area contributed by atoms with Crippen molar-refractivity contribution < 1.29 is 8.78 Å². The van der Waals surface area contributed by atoms with Crippen LogP contribution in [0.15, 0.2) is 67.3 Å². The molecule has 0 spiro atoms. The lowest BCUT2D eigenvalue weighted by Gasteiger charge is -2.34. The Bertz CT molecular complexity index is 1220. The van der Waals surface area contributed by atoms with E-state index in [2.05, 4.69) is 37.3 Å². The van der Waals surface area contributed by atoms with Gasteiger partial charge >= 0.3 is 0 Å². The molecule has 0 saturated carbocycles. The fourth-order valence-electron chi connectivity index (χ4n) is 3.83. The van der Waals surface area contributed by atoms with Crippen molar-refractivity contribution in [3.05, 3.63) is 84.7 Å². The number of halogens is 2. The van der Waals surface area contributed by atoms with Gasteiger partial charge in [-0.3, -0.25) is 0 Å². The summed E-state index contributed by atoms with van der Waals surface area (Å²) in [5.74, 6) is -0.332. The molecule has 4 rings (SSSR count). The minimum absolute atomic E-state index is 0.222. The van der Waals surface area contributed by atoms with E-state index in [0.29, 0.717) is 11.4 Å². The summed E-state index contributed by atoms with van der Waals surface area (Å²) in [4.78, 5) is 14.2. The second-order valence-electron chi connectivity index (χ2n) is 8.55. The molecule has 0 N–H and O–H groups in total. The summed E-state index contributed by atoms with van der Waals surface area (Å²) in [5.41, 5.74) is 2.38. The molecule has 35 heavy (non-hydrogen) atoms. The number of anilines is 1. The van der Waals surface area contributed by atoms with Gasteiger partial charge in [-0.2, -0.15) is 0 Å². The Morgan fingerprint density at radius 3 is 2.43 bits per heavy atom. The number of fused-ring (bicyclic) bond motifs is 1. The lowest BCUT2D eigenvalue weighted by atomic mass is 10.0. The fourth-order valence-corrected chi connectivity index (χ4v) is 3.83. The molecule has 0 unspecified atom stereocenters. The second-order valence-corrected chi connectivity index (χ2v) is 8.55. The van der Waals surface area contributed by atoms with Gasteiger partial charge in [-0.1, -0.05) is 69.4 Å². The highest BCUT2D eigenvalue weighted by atomic mass is 19.2. The first-order valence-electron chi connectivity index (χ1n) is 12.1. The molecular weight excluding hydrogens is 442 g/mol. The van der Waals surface area contributed by atoms with E-state index >= 15 is 0 Å². The first-order valence-corrected chi connectivity index (χ1v) is 12.1. The van der Waals surface area contributed by atoms with Gasteiger partial charge in [0, 0.05) is 42.7 Å². The van der Waals surface area contributed by atoms with Crippen molar-refractivity contribution in [3.8, 4) is 11.1 Å². The minimum atomic E-state index is -0.863. The van der Waals surface area contributed by atoms with Gasteiger partial charge in [0.1, 0.15) is 5.82 Å². The maximum atomic E-state index is 14.5. The van der Waals surface area contributed by atoms with Crippen LogP contribution >= 0.6 is 0 Å². The normalized spacial score (nSPS) is 14.8. The van der Waals surface area contributed by atoms with Crippen molar-refractivity contribution in [2.24, 2.45) is 0 Å². The van der Waals surface area contributed by atoms with Crippen LogP contribution in [0.4, 0.5) is 14.6 Å². The van der Waals surface area contributed by atoms with Crippen LogP contribution in [0.5, 0.6) is 0 Å². The molecule has 1 fully saturated rings. The van der Waals surface area contributed by atoms with Crippen LogP contribution in [0.1, 0.15) is 33.0 Å². The summed E-state index contributed by atoms with van der Waals surface area (Å²) in [6.45, 7) is 13.6. The lowest BCUT2D eigenvalue weighted by molar-refractivity contribution is 0.312. The predicted octanol–water partition coefficient (Wildman–Crippen LogP) is 6.89. The van der Waals surface area contributed by atoms with E-state index in [-0.39, 0.29) is 5.56 Å². The summed E-state index contributed by atoms with van der Waals surface area (Å²) in [7, 11) is 2.10. The number of allylic oxidation sites excluding steroid dienone is 5. The zero-order valence-electron chi connectivity index (χ0n) is 21.1. The third-order valence-electron chi connectivity index (χ3n) is 5.69. The monoisotopic (exact) mass is 476 g/mol. The third-order valence-corrected chi connectivity index (χ3v) is 5.69. The average Bonchev–Trinajstić information content (AvgIpc) is 2.86. The number of hydrogen-bond donors (Lipinski definition) is 0. The minimum Gasteiger partial charge on any atom is -0.353 e. The average molecular weight is 477 g/mol. The van der Waals surface area contributed by atoms with E-state index in [1.54, 1.807) is 18.2 Å². The Labute approximate surface area is 207 Å². The van der Waals surface area contributed by atoms with Crippen LogP contribution in [0.2, 0.25) is 0 Å². The van der Waals surface area contributed by atoms with Gasteiger partial charge < -0.3 is 9.80 Å². The van der Waals surface area contributed by atoms with Crippen LogP contribution in [0.25, 0.3) is 27.6 Å². The van der Waals surface area contributed by atoms with Crippen molar-refractivity contribution in [2.75, 3.05) is 38.1 Å². The molecule has 6 heteroatoms. The highest BCUT2D eigenvalue weighted by Crippen LogP contribution is 2.32. The maximum Gasteiger partial charge on any atom is 0.166 e. The van der Waals surface area contributed by atoms with Crippen molar-refractivity contribution in [3.63, 3.8) is 0 Å². The van der Waals surface area contributed by atoms with Crippen molar-refractivity contribution in [1.82, 2.24) is 14.9 Å². The van der Waals surface area contributed by atoms with Gasteiger partial charge in [-0.15, -0.1) is 0 Å². The van der Waals surface area contributed by atoms with E-state index in [0.717, 1.165) is 54.5 Å². The van der Waals surface area contributed by atoms with Gasteiger partial charge in [0.15, 0.2) is 17.5 Å². The molecule has 0 aliphatic carbocycles. The van der Waals surface area contributed by atoms with Crippen molar-refractivity contribution in [1.29, 1.82) is 0 Å². The molecule has 2 aromatic carbocycles. The van der Waals surface area contributed by atoms with Crippen LogP contribution in [-0.2, 0) is 0 Å². The zero-order valence-corrected chi connectivity index (χ0v) is 21.1. The number of aromatic nitrogens is 2. The number of piperazine rings is 1. The van der Waals surface area contributed by atoms with Crippen molar-refractivity contribution in [2.45, 2.75) is 27.2 Å². The molecule has 0 atom stereocenters. The molecule has 1 aromatic heterocycles. The van der Waals surface area contributed by atoms with Crippen LogP contribution < -0.4 is 4.90 Å². The number of likely N-dealkylation sites (N-methyl/N-ethyl adjacent to an activating group) is 1. The Kier molecular flexibility index (Phi) is 9.26. The number of hydrogen-bond acceptors (Lipinski definition) is 4. The highest BCUT2D eigenvalue weighted by Gasteiger charge is 2.21. The zero-order chi connectivity index (χ0) is 25.4. The summed E-state index contributed by atoms with van der Waals surface area (Å²) >= 11 is 0. The summed E-state index contributed by atoms with van der Waals surface area (Å²) in [6.07, 6.45) is 8.78. The Hall–Kier alpha value is -3.38. The lowest BCUT2D eigenvalue weighted by Crippen LogP contribution is -2.45. The molecule has 3 aromatic rings. The van der Waals surface area contributed by atoms with Crippen LogP contribution in [0.3, 0.4) is 0 Å². The summed E-state index contributed by atoms with van der Waals surface area (Å²) < 4.78 is 28.3. The summed E-state index contributed by atoms with van der Waals surface area (Å²) in [6, 6.07) is 9.69. The molecule has 1 aliphatic rings. The van der Waals surface area contributed by atoms with E-state index < -0.39 is 11.6 Å². The number of rotatable bonds is 5. The Morgan fingerprint density at radius 1 is 1.06 bits per heavy atom. The van der Waals surface area contributed by atoms with Gasteiger partial charge in [-0.25, -0.2) is 18.7 Å². The molecule has 1 aliphatic heterocycles. The second kappa shape index (κ2) is 12.4. The topological polar surface area (TPSA) is 32.3 Å². The molecular formula is C29H34F2N4. The number of nitrogens with zero attached hydrogens (tertiary/aromatic N) is 4. The molecule has 1 saturated heterocycles. The van der Waals surface area contributed by atoms with Gasteiger partial charge in [-0.05, 0) is 37.7 Å². The van der Waals surface area contributed by atoms with E-state index in [1.807, 2.05) is 37.3 Å². The quantitative estimate of drug-likeness (QED) is 0.376. The molecule has 0 amide bonds. The first kappa shape index (κ1) is 26.2. The standard InChI is InChI=1S/C26H26F2N4.C3H8/c1-4-6-8-18(5-2)25-29-23-12-11-19(20-9-7-10-22(27)24(20)28)17-21(23)26(30-25)32-15-13-31(3)14-16-32;1-3-2/h4-12,17H,2,13-16H2,1,3H3;3H2,1-2H3/b6-4-,18-8+;. The molecule has 184 valence electrons. The molecule has 4 nitrogen and oxygen atoms in total.